The van der Waals surface area contributed by atoms with Crippen LogP contribution in [0.25, 0.3) is 0 Å². The zero-order chi connectivity index (χ0) is 16.0. The monoisotopic (exact) mass is 393 g/mol. The summed E-state index contributed by atoms with van der Waals surface area (Å²) in [5.74, 6) is -0.742. The summed E-state index contributed by atoms with van der Waals surface area (Å²) in [4.78, 5) is 11.7. The maximum absolute atomic E-state index is 12.2. The largest absolute Gasteiger partial charge is 0.291 e. The molecule has 0 aromatic heterocycles. The molecule has 114 valence electrons. The Hall–Kier alpha value is -1.03. The highest BCUT2D eigenvalue weighted by Crippen LogP contribution is 2.28. The Morgan fingerprint density at radius 2 is 1.67 bits per heavy atom. The molecule has 0 spiro atoms. The maximum Gasteiger partial charge on any atom is 0.242 e. The highest BCUT2D eigenvalue weighted by Gasteiger charge is 2.44. The second kappa shape index (κ2) is 5.31. The summed E-state index contributed by atoms with van der Waals surface area (Å²) >= 11 is 3.17. The number of ketones is 1. The molecule has 1 aromatic carbocycles. The number of Topliss-reactive ketones (excluding diaryl/α,β-unsaturated/α-hetero) is 1. The van der Waals surface area contributed by atoms with Gasteiger partial charge in [-0.2, -0.15) is 4.72 Å². The van der Waals surface area contributed by atoms with Gasteiger partial charge in [0.1, 0.15) is 0 Å². The first-order valence-electron chi connectivity index (χ1n) is 5.81. The number of sulfone groups is 1. The fourth-order valence-corrected chi connectivity index (χ4v) is 5.35. The van der Waals surface area contributed by atoms with E-state index in [4.69, 9.17) is 0 Å². The van der Waals surface area contributed by atoms with Crippen molar-refractivity contribution in [2.45, 2.75) is 24.1 Å². The molecule has 9 heteroatoms. The molecule has 0 fully saturated rings. The Labute approximate surface area is 131 Å². The minimum atomic E-state index is -4.11. The van der Waals surface area contributed by atoms with Crippen LogP contribution in [0.5, 0.6) is 0 Å². The lowest BCUT2D eigenvalue weighted by atomic mass is 10.2. The average molecular weight is 394 g/mol. The van der Waals surface area contributed by atoms with Crippen LogP contribution < -0.4 is 4.72 Å². The van der Waals surface area contributed by atoms with Crippen LogP contribution in [0, 0.1) is 0 Å². The number of benzene rings is 1. The number of halogens is 1. The highest BCUT2D eigenvalue weighted by atomic mass is 79.9. The van der Waals surface area contributed by atoms with Gasteiger partial charge in [-0.25, -0.2) is 16.8 Å². The molecule has 1 unspecified atom stereocenters. The van der Waals surface area contributed by atoms with E-state index in [0.717, 1.165) is 0 Å². The molecule has 1 aliphatic rings. The van der Waals surface area contributed by atoms with Crippen LogP contribution in [0.15, 0.2) is 44.1 Å². The summed E-state index contributed by atoms with van der Waals surface area (Å²) in [7, 11) is -8.09. The Bertz CT molecular complexity index is 838. The van der Waals surface area contributed by atoms with E-state index in [1.807, 2.05) is 4.72 Å². The first-order valence-corrected chi connectivity index (χ1v) is 9.63. The number of sulfonamides is 1. The Morgan fingerprint density at radius 3 is 2.10 bits per heavy atom. The summed E-state index contributed by atoms with van der Waals surface area (Å²) in [6.07, 6.45) is 0. The lowest BCUT2D eigenvalue weighted by Crippen LogP contribution is -2.43. The van der Waals surface area contributed by atoms with Crippen LogP contribution in [0.2, 0.25) is 0 Å². The van der Waals surface area contributed by atoms with E-state index in [1.54, 1.807) is 0 Å². The third-order valence-electron chi connectivity index (χ3n) is 3.26. The van der Waals surface area contributed by atoms with Gasteiger partial charge in [0.25, 0.3) is 0 Å². The van der Waals surface area contributed by atoms with Gasteiger partial charge >= 0.3 is 0 Å². The Balaban J connectivity index is 2.39. The van der Waals surface area contributed by atoms with Gasteiger partial charge in [-0.1, -0.05) is 15.9 Å². The van der Waals surface area contributed by atoms with Crippen molar-refractivity contribution in [2.24, 2.45) is 0 Å². The van der Waals surface area contributed by atoms with Gasteiger partial charge in [-0.05, 0) is 38.1 Å². The highest BCUT2D eigenvalue weighted by molar-refractivity contribution is 9.10. The summed E-state index contributed by atoms with van der Waals surface area (Å²) in [5.41, 5.74) is 0.0542. The predicted octanol–water partition coefficient (Wildman–Crippen LogP) is 1.34. The molecule has 0 saturated heterocycles. The van der Waals surface area contributed by atoms with Crippen LogP contribution in [0.1, 0.15) is 13.8 Å². The predicted molar refractivity (Wildman–Crippen MR) is 80.6 cm³/mol. The zero-order valence-electron chi connectivity index (χ0n) is 11.1. The minimum Gasteiger partial charge on any atom is -0.291 e. The number of carbonyl (C=O) groups is 1. The smallest absolute Gasteiger partial charge is 0.242 e. The van der Waals surface area contributed by atoms with Gasteiger partial charge < -0.3 is 0 Å². The molecule has 1 N–H and O–H groups in total. The van der Waals surface area contributed by atoms with E-state index < -0.39 is 31.0 Å². The van der Waals surface area contributed by atoms with Gasteiger partial charge in [-0.15, -0.1) is 0 Å². The summed E-state index contributed by atoms with van der Waals surface area (Å²) in [5, 5.41) is -1.79. The van der Waals surface area contributed by atoms with Crippen molar-refractivity contribution in [3.8, 4) is 0 Å². The third-order valence-corrected chi connectivity index (χ3v) is 7.49. The van der Waals surface area contributed by atoms with Crippen LogP contribution in [-0.4, -0.2) is 28.0 Å². The second-order valence-electron chi connectivity index (χ2n) is 4.55. The number of hydrogen-bond acceptors (Lipinski definition) is 5. The van der Waals surface area contributed by atoms with Crippen molar-refractivity contribution in [3.63, 3.8) is 0 Å². The molecular weight excluding hydrogens is 382 g/mol. The van der Waals surface area contributed by atoms with Gasteiger partial charge in [0.05, 0.1) is 4.90 Å². The standard InChI is InChI=1S/C12H12BrNO5S2/c1-7-8(2)20(16,17)12(11(7)15)14-21(18,19)10-5-3-9(13)4-6-10/h3-6,12,14H,1-2H3. The Morgan fingerprint density at radius 1 is 1.14 bits per heavy atom. The van der Waals surface area contributed by atoms with Gasteiger partial charge in [0, 0.05) is 15.0 Å². The van der Waals surface area contributed by atoms with Crippen LogP contribution in [0.3, 0.4) is 0 Å². The third kappa shape index (κ3) is 2.83. The molecule has 1 aliphatic heterocycles. The number of rotatable bonds is 3. The van der Waals surface area contributed by atoms with Crippen molar-refractivity contribution < 1.29 is 21.6 Å². The second-order valence-corrected chi connectivity index (χ2v) is 9.35. The number of carbonyl (C=O) groups excluding carboxylic acids is 1. The topological polar surface area (TPSA) is 97.4 Å². The quantitative estimate of drug-likeness (QED) is 0.835. The van der Waals surface area contributed by atoms with E-state index >= 15 is 0 Å². The maximum atomic E-state index is 12.2. The molecule has 0 bridgehead atoms. The summed E-state index contributed by atoms with van der Waals surface area (Å²) in [6, 6.07) is 5.64. The minimum absolute atomic E-state index is 0.0542. The fourth-order valence-electron chi connectivity index (χ4n) is 1.84. The van der Waals surface area contributed by atoms with Crippen LogP contribution in [-0.2, 0) is 24.7 Å². The number of hydrogen-bond donors (Lipinski definition) is 1. The first-order chi connectivity index (χ1) is 9.57. The average Bonchev–Trinajstić information content (AvgIpc) is 2.54. The molecule has 0 aliphatic carbocycles. The first kappa shape index (κ1) is 16.3. The molecule has 21 heavy (non-hydrogen) atoms. The van der Waals surface area contributed by atoms with Crippen LogP contribution in [0.4, 0.5) is 0 Å². The van der Waals surface area contributed by atoms with Crippen molar-refractivity contribution >= 4 is 41.6 Å². The van der Waals surface area contributed by atoms with E-state index in [0.29, 0.717) is 4.47 Å². The Kier molecular flexibility index (Phi) is 4.13. The molecule has 0 radical (unpaired) electrons. The van der Waals surface area contributed by atoms with E-state index in [1.165, 1.54) is 38.1 Å². The molecule has 0 amide bonds. The molecule has 1 atom stereocenters. The van der Waals surface area contributed by atoms with E-state index in [2.05, 4.69) is 15.9 Å². The van der Waals surface area contributed by atoms with Gasteiger partial charge in [0.2, 0.25) is 10.0 Å². The van der Waals surface area contributed by atoms with Crippen molar-refractivity contribution in [3.05, 3.63) is 39.2 Å². The number of allylic oxidation sites excluding steroid dienone is 1. The lowest BCUT2D eigenvalue weighted by Gasteiger charge is -2.12. The molecule has 0 saturated carbocycles. The zero-order valence-corrected chi connectivity index (χ0v) is 14.3. The van der Waals surface area contributed by atoms with Crippen molar-refractivity contribution in [1.29, 1.82) is 0 Å². The molecular formula is C12H12BrNO5S2. The summed E-state index contributed by atoms with van der Waals surface area (Å²) in [6.45, 7) is 2.65. The van der Waals surface area contributed by atoms with Crippen LogP contribution >= 0.6 is 15.9 Å². The van der Waals surface area contributed by atoms with E-state index in [9.17, 15) is 21.6 Å². The molecule has 2 rings (SSSR count). The molecule has 6 nitrogen and oxygen atoms in total. The lowest BCUT2D eigenvalue weighted by molar-refractivity contribution is -0.115. The van der Waals surface area contributed by atoms with Gasteiger partial charge in [0.15, 0.2) is 21.0 Å². The van der Waals surface area contributed by atoms with Crippen molar-refractivity contribution in [1.82, 2.24) is 4.72 Å². The number of nitrogens with one attached hydrogen (secondary N) is 1. The SMILES string of the molecule is CC1=C(C)S(=O)(=O)C(NS(=O)(=O)c2ccc(Br)cc2)C1=O. The van der Waals surface area contributed by atoms with E-state index in [-0.39, 0.29) is 15.4 Å². The molecule has 1 aromatic rings. The van der Waals surface area contributed by atoms with Gasteiger partial charge in [-0.3, -0.25) is 4.79 Å². The normalized spacial score (nSPS) is 21.9. The van der Waals surface area contributed by atoms with Crippen molar-refractivity contribution in [2.75, 3.05) is 0 Å². The molecule has 1 heterocycles. The summed E-state index contributed by atoms with van der Waals surface area (Å²) < 4.78 is 51.1. The fraction of sp³-hybridized carbons (Fsp3) is 0.250.